The lowest BCUT2D eigenvalue weighted by molar-refractivity contribution is 0.589. The lowest BCUT2D eigenvalue weighted by Crippen LogP contribution is -2.15. The molecule has 4 aromatic rings. The van der Waals surface area contributed by atoms with Gasteiger partial charge in [0.05, 0.1) is 4.90 Å². The number of benzene rings is 3. The first-order valence-corrected chi connectivity index (χ1v) is 10.1. The lowest BCUT2D eigenvalue weighted by Gasteiger charge is -2.18. The predicted octanol–water partition coefficient (Wildman–Crippen LogP) is 5.38. The third-order valence-electron chi connectivity index (χ3n) is 4.46. The summed E-state index contributed by atoms with van der Waals surface area (Å²) in [4.78, 5) is 3.48. The Kier molecular flexibility index (Phi) is 4.31. The molecule has 0 spiro atoms. The summed E-state index contributed by atoms with van der Waals surface area (Å²) < 4.78 is 27.0. The van der Waals surface area contributed by atoms with E-state index in [2.05, 4.69) is 4.98 Å². The van der Waals surface area contributed by atoms with Gasteiger partial charge in [0.25, 0.3) is 0 Å². The molecule has 0 aliphatic rings. The molecule has 3 nitrogen and oxygen atoms in total. The van der Waals surface area contributed by atoms with Crippen molar-refractivity contribution in [2.45, 2.75) is 10.1 Å². The van der Waals surface area contributed by atoms with Gasteiger partial charge >= 0.3 is 0 Å². The molecular weight excluding hydrogens is 366 g/mol. The number of halogens is 1. The molecule has 1 atom stereocenters. The fourth-order valence-corrected chi connectivity index (χ4v) is 5.20. The molecule has 0 saturated heterocycles. The van der Waals surface area contributed by atoms with Crippen LogP contribution in [-0.2, 0) is 9.84 Å². The van der Waals surface area contributed by atoms with Gasteiger partial charge in [-0.2, -0.15) is 0 Å². The van der Waals surface area contributed by atoms with E-state index >= 15 is 0 Å². The molecule has 0 saturated carbocycles. The number of hydrogen-bond acceptors (Lipinski definition) is 2. The highest BCUT2D eigenvalue weighted by Crippen LogP contribution is 2.38. The molecule has 130 valence electrons. The third kappa shape index (κ3) is 2.91. The number of fused-ring (bicyclic) bond motifs is 1. The fraction of sp³-hybridized carbons (Fsp3) is 0.0476. The monoisotopic (exact) mass is 381 g/mol. The predicted molar refractivity (Wildman–Crippen MR) is 105 cm³/mol. The Morgan fingerprint density at radius 2 is 1.46 bits per heavy atom. The van der Waals surface area contributed by atoms with Crippen LogP contribution in [0.5, 0.6) is 0 Å². The van der Waals surface area contributed by atoms with Crippen LogP contribution in [0.2, 0.25) is 5.02 Å². The minimum atomic E-state index is -3.64. The van der Waals surface area contributed by atoms with E-state index in [1.807, 2.05) is 30.3 Å². The Labute approximate surface area is 157 Å². The summed E-state index contributed by atoms with van der Waals surface area (Å²) in [5, 5.41) is 0.647. The molecular formula is C21H16ClNO2S. The van der Waals surface area contributed by atoms with Crippen LogP contribution in [0.1, 0.15) is 16.4 Å². The van der Waals surface area contributed by atoms with Crippen LogP contribution in [0.4, 0.5) is 0 Å². The van der Waals surface area contributed by atoms with Crippen molar-refractivity contribution in [1.29, 1.82) is 0 Å². The van der Waals surface area contributed by atoms with Gasteiger partial charge in [-0.05, 0) is 35.9 Å². The smallest absolute Gasteiger partial charge is 0.189 e. The van der Waals surface area contributed by atoms with Crippen molar-refractivity contribution in [3.63, 3.8) is 0 Å². The Morgan fingerprint density at radius 1 is 0.808 bits per heavy atom. The Hall–Kier alpha value is -2.56. The van der Waals surface area contributed by atoms with Gasteiger partial charge in [-0.3, -0.25) is 0 Å². The number of aromatic amines is 1. The zero-order valence-corrected chi connectivity index (χ0v) is 15.3. The maximum atomic E-state index is 13.5. The van der Waals surface area contributed by atoms with Crippen LogP contribution in [0.3, 0.4) is 0 Å². The van der Waals surface area contributed by atoms with E-state index < -0.39 is 15.1 Å². The van der Waals surface area contributed by atoms with Crippen LogP contribution in [0, 0.1) is 0 Å². The molecule has 1 aromatic heterocycles. The van der Waals surface area contributed by atoms with Gasteiger partial charge in [-0.25, -0.2) is 8.42 Å². The van der Waals surface area contributed by atoms with Crippen LogP contribution >= 0.6 is 11.6 Å². The Balaban J connectivity index is 1.98. The second-order valence-electron chi connectivity index (χ2n) is 6.08. The van der Waals surface area contributed by atoms with Crippen molar-refractivity contribution < 1.29 is 8.42 Å². The number of nitrogens with one attached hydrogen (secondary N) is 1. The molecule has 0 amide bonds. The first-order chi connectivity index (χ1) is 12.6. The Morgan fingerprint density at radius 3 is 2.19 bits per heavy atom. The Bertz CT molecular complexity index is 1150. The summed E-state index contributed by atoms with van der Waals surface area (Å²) in [6.07, 6.45) is 1.78. The van der Waals surface area contributed by atoms with E-state index in [1.165, 1.54) is 0 Å². The van der Waals surface area contributed by atoms with Crippen molar-refractivity contribution in [2.75, 3.05) is 0 Å². The number of para-hydroxylation sites is 1. The average molecular weight is 382 g/mol. The van der Waals surface area contributed by atoms with Gasteiger partial charge in [-0.15, -0.1) is 0 Å². The SMILES string of the molecule is O=S(=O)(c1ccccc1)C(c1ccc(Cl)cc1)c1c[nH]c2ccccc12. The second-order valence-corrected chi connectivity index (χ2v) is 8.55. The van der Waals surface area contributed by atoms with Gasteiger partial charge < -0.3 is 4.98 Å². The van der Waals surface area contributed by atoms with Crippen LogP contribution in [0.15, 0.2) is 90.0 Å². The highest BCUT2D eigenvalue weighted by molar-refractivity contribution is 7.92. The molecule has 0 aliphatic carbocycles. The van der Waals surface area contributed by atoms with Crippen LogP contribution in [0.25, 0.3) is 10.9 Å². The van der Waals surface area contributed by atoms with Gasteiger partial charge in [0, 0.05) is 27.7 Å². The summed E-state index contributed by atoms with van der Waals surface area (Å²) >= 11 is 6.01. The van der Waals surface area contributed by atoms with Crippen LogP contribution in [-0.4, -0.2) is 13.4 Å². The number of H-pyrrole nitrogens is 1. The molecule has 3 aromatic carbocycles. The van der Waals surface area contributed by atoms with E-state index in [9.17, 15) is 8.42 Å². The van der Waals surface area contributed by atoms with Crippen LogP contribution < -0.4 is 0 Å². The van der Waals surface area contributed by atoms with Crippen molar-refractivity contribution in [3.05, 3.63) is 101 Å². The normalized spacial score (nSPS) is 13.0. The lowest BCUT2D eigenvalue weighted by atomic mass is 10.0. The number of rotatable bonds is 4. The number of aromatic nitrogens is 1. The molecule has 1 N–H and O–H groups in total. The number of sulfone groups is 1. The molecule has 4 rings (SSSR count). The topological polar surface area (TPSA) is 49.9 Å². The fourth-order valence-electron chi connectivity index (χ4n) is 3.22. The van der Waals surface area contributed by atoms with Gasteiger partial charge in [0.1, 0.15) is 5.25 Å². The molecule has 0 aliphatic heterocycles. The molecule has 26 heavy (non-hydrogen) atoms. The molecule has 0 bridgehead atoms. The summed E-state index contributed by atoms with van der Waals surface area (Å²) in [6.45, 7) is 0. The van der Waals surface area contributed by atoms with Crippen molar-refractivity contribution in [1.82, 2.24) is 4.98 Å². The summed E-state index contributed by atoms with van der Waals surface area (Å²) in [7, 11) is -3.64. The zero-order chi connectivity index (χ0) is 18.1. The second kappa shape index (κ2) is 6.63. The minimum absolute atomic E-state index is 0.297. The maximum absolute atomic E-state index is 13.5. The summed E-state index contributed by atoms with van der Waals surface area (Å²) in [6, 6.07) is 23.2. The summed E-state index contributed by atoms with van der Waals surface area (Å²) in [5.74, 6) is 0. The third-order valence-corrected chi connectivity index (χ3v) is 6.79. The van der Waals surface area contributed by atoms with E-state index in [0.717, 1.165) is 16.5 Å². The molecule has 1 unspecified atom stereocenters. The van der Waals surface area contributed by atoms with Crippen molar-refractivity contribution in [3.8, 4) is 0 Å². The standard InChI is InChI=1S/C21H16ClNO2S/c22-16-12-10-15(11-13-16)21(26(24,25)17-6-2-1-3-7-17)19-14-23-20-9-5-4-8-18(19)20/h1-14,21,23H. The first kappa shape index (κ1) is 16.9. The quantitative estimate of drug-likeness (QED) is 0.515. The van der Waals surface area contributed by atoms with E-state index in [1.54, 1.807) is 54.7 Å². The van der Waals surface area contributed by atoms with E-state index in [-0.39, 0.29) is 0 Å². The first-order valence-electron chi connectivity index (χ1n) is 8.18. The van der Waals surface area contributed by atoms with E-state index in [0.29, 0.717) is 15.5 Å². The van der Waals surface area contributed by atoms with Gasteiger partial charge in [0.15, 0.2) is 9.84 Å². The van der Waals surface area contributed by atoms with Crippen molar-refractivity contribution in [2.24, 2.45) is 0 Å². The van der Waals surface area contributed by atoms with Crippen molar-refractivity contribution >= 4 is 32.3 Å². The van der Waals surface area contributed by atoms with Gasteiger partial charge in [-0.1, -0.05) is 60.1 Å². The zero-order valence-electron chi connectivity index (χ0n) is 13.8. The molecule has 1 heterocycles. The highest BCUT2D eigenvalue weighted by atomic mass is 35.5. The minimum Gasteiger partial charge on any atom is -0.361 e. The number of hydrogen-bond donors (Lipinski definition) is 1. The molecule has 0 radical (unpaired) electrons. The van der Waals surface area contributed by atoms with Gasteiger partial charge in [0.2, 0.25) is 0 Å². The molecule has 0 fully saturated rings. The summed E-state index contributed by atoms with van der Waals surface area (Å²) in [5.41, 5.74) is 2.32. The van der Waals surface area contributed by atoms with E-state index in [4.69, 9.17) is 11.6 Å². The highest BCUT2D eigenvalue weighted by Gasteiger charge is 2.32. The average Bonchev–Trinajstić information content (AvgIpc) is 3.08. The maximum Gasteiger partial charge on any atom is 0.189 e. The largest absolute Gasteiger partial charge is 0.361 e. The molecule has 5 heteroatoms.